The van der Waals surface area contributed by atoms with Crippen molar-refractivity contribution in [3.63, 3.8) is 0 Å². The lowest BCUT2D eigenvalue weighted by molar-refractivity contribution is -0.175. The van der Waals surface area contributed by atoms with Gasteiger partial charge in [-0.15, -0.1) is 0 Å². The van der Waals surface area contributed by atoms with Gasteiger partial charge >= 0.3 is 0 Å². The zero-order valence-corrected chi connectivity index (χ0v) is 36.8. The molecular formula is C43H78N2O12. The van der Waals surface area contributed by atoms with E-state index in [0.29, 0.717) is 12.8 Å². The normalized spacial score (nSPS) is 31.5. The Kier molecular flexibility index (Phi) is 17.7. The second-order valence-corrected chi connectivity index (χ2v) is 18.5. The molecule has 0 spiro atoms. The van der Waals surface area contributed by atoms with Crippen LogP contribution in [0.1, 0.15) is 159 Å². The van der Waals surface area contributed by atoms with Crippen molar-refractivity contribution in [2.45, 2.75) is 231 Å². The molecule has 4 saturated heterocycles. The number of amides is 2. The smallest absolute Gasteiger partial charge is 0.235 e. The minimum absolute atomic E-state index is 0.0700. The van der Waals surface area contributed by atoms with E-state index in [1.165, 1.54) is 0 Å². The number of carbonyl (C=O) groups is 2. The van der Waals surface area contributed by atoms with E-state index in [0.717, 1.165) is 77.0 Å². The summed E-state index contributed by atoms with van der Waals surface area (Å²) in [5, 5.41) is 26.6. The molecule has 0 unspecified atom stereocenters. The first kappa shape index (κ1) is 48.2. The Labute approximate surface area is 342 Å². The van der Waals surface area contributed by atoms with Crippen LogP contribution in [0.25, 0.3) is 0 Å². The first-order valence-corrected chi connectivity index (χ1v) is 22.0. The monoisotopic (exact) mass is 815 g/mol. The van der Waals surface area contributed by atoms with E-state index in [9.17, 15) is 19.8 Å². The number of carbonyl (C=O) groups excluding carboxylic acids is 2. The van der Waals surface area contributed by atoms with E-state index in [-0.39, 0.29) is 38.1 Å². The molecule has 4 aliphatic rings. The summed E-state index contributed by atoms with van der Waals surface area (Å²) in [6.07, 6.45) is 7.83. The zero-order valence-electron chi connectivity index (χ0n) is 36.8. The summed E-state index contributed by atoms with van der Waals surface area (Å²) < 4.78 is 49.6. The van der Waals surface area contributed by atoms with Gasteiger partial charge in [0.2, 0.25) is 11.8 Å². The molecule has 0 bridgehead atoms. The van der Waals surface area contributed by atoms with E-state index in [1.807, 2.05) is 0 Å². The minimum atomic E-state index is -1.37. The molecule has 332 valence electrons. The maximum atomic E-state index is 14.9. The molecule has 2 amide bonds. The van der Waals surface area contributed by atoms with E-state index in [4.69, 9.17) is 37.9 Å². The molecule has 0 radical (unpaired) electrons. The molecule has 0 saturated carbocycles. The van der Waals surface area contributed by atoms with Crippen LogP contribution in [0.5, 0.6) is 0 Å². The molecule has 14 nitrogen and oxygen atoms in total. The summed E-state index contributed by atoms with van der Waals surface area (Å²) in [4.78, 5) is 29.7. The quantitative estimate of drug-likeness (QED) is 0.0686. The topological polar surface area (TPSA) is 172 Å². The predicted octanol–water partition coefficient (Wildman–Crippen LogP) is 5.77. The SMILES string of the molecule is CCCCCCCCC(CCCCCCCC)(C(=O)NC[C@@H]1OC(C)(C)O[C@H]1[C@H]1OC(C)(C)O[C@@H]1CO)C(=O)NC[C@@H]1OC(C)(C)O[C@H]1[C@H]1OC(C)(C)O[C@@H]1CO. The third kappa shape index (κ3) is 13.3. The fourth-order valence-corrected chi connectivity index (χ4v) is 8.99. The third-order valence-electron chi connectivity index (χ3n) is 11.6. The average Bonchev–Trinajstić information content (AvgIpc) is 3.84. The summed E-state index contributed by atoms with van der Waals surface area (Å²) in [6.45, 7) is 18.4. The van der Waals surface area contributed by atoms with Crippen LogP contribution in [0, 0.1) is 5.41 Å². The van der Waals surface area contributed by atoms with Crippen LogP contribution in [0.3, 0.4) is 0 Å². The van der Waals surface area contributed by atoms with Crippen LogP contribution >= 0.6 is 0 Å². The van der Waals surface area contributed by atoms with E-state index in [2.05, 4.69) is 24.5 Å². The highest BCUT2D eigenvalue weighted by Crippen LogP contribution is 2.41. The highest BCUT2D eigenvalue weighted by Gasteiger charge is 2.56. The molecule has 4 N–H and O–H groups in total. The number of unbranched alkanes of at least 4 members (excludes halogenated alkanes) is 10. The lowest BCUT2D eigenvalue weighted by Crippen LogP contribution is -2.56. The van der Waals surface area contributed by atoms with Crippen LogP contribution < -0.4 is 10.6 Å². The Hall–Kier alpha value is -1.46. The average molecular weight is 815 g/mol. The highest BCUT2D eigenvalue weighted by atomic mass is 16.8. The van der Waals surface area contributed by atoms with Gasteiger partial charge in [0, 0.05) is 13.1 Å². The van der Waals surface area contributed by atoms with Gasteiger partial charge in [-0.2, -0.15) is 0 Å². The van der Waals surface area contributed by atoms with Gasteiger partial charge in [-0.3, -0.25) is 9.59 Å². The van der Waals surface area contributed by atoms with Crippen LogP contribution in [-0.4, -0.2) is 120 Å². The Morgan fingerprint density at radius 3 is 1.05 bits per heavy atom. The van der Waals surface area contributed by atoms with Crippen LogP contribution in [0.2, 0.25) is 0 Å². The summed E-state index contributed by atoms with van der Waals surface area (Å²) >= 11 is 0. The summed E-state index contributed by atoms with van der Waals surface area (Å²) in [5.41, 5.74) is -1.37. The molecule has 0 aromatic carbocycles. The van der Waals surface area contributed by atoms with Gasteiger partial charge in [-0.1, -0.05) is 90.9 Å². The summed E-state index contributed by atoms with van der Waals surface area (Å²) in [5.74, 6) is -4.53. The van der Waals surface area contributed by atoms with Crippen LogP contribution in [0.15, 0.2) is 0 Å². The Bertz CT molecular complexity index is 1170. The lowest BCUT2D eigenvalue weighted by Gasteiger charge is -2.33. The molecule has 57 heavy (non-hydrogen) atoms. The van der Waals surface area contributed by atoms with Crippen molar-refractivity contribution in [2.24, 2.45) is 5.41 Å². The maximum Gasteiger partial charge on any atom is 0.235 e. The van der Waals surface area contributed by atoms with Crippen LogP contribution in [-0.2, 0) is 47.5 Å². The largest absolute Gasteiger partial charge is 0.394 e. The number of hydrogen-bond donors (Lipinski definition) is 4. The Morgan fingerprint density at radius 1 is 0.456 bits per heavy atom. The number of aliphatic hydroxyl groups is 2. The fourth-order valence-electron chi connectivity index (χ4n) is 8.99. The van der Waals surface area contributed by atoms with Crippen molar-refractivity contribution >= 4 is 11.8 Å². The number of aliphatic hydroxyl groups excluding tert-OH is 2. The standard InChI is InChI=1S/C43H78N2O12/c1-11-13-15-17-19-21-23-43(24-22-20-18-16-14-12-2,37(48)44-25-29-33(54-39(3,4)50-29)35-31(27-46)52-41(7,8)56-35)38(49)45-26-30-34(55-40(5,6)51-30)36-32(28-47)53-42(9,10)57-36/h29-36,46-47H,11-28H2,1-10H3,(H,44,48)(H,45,49)/t29-,30-,31+,32+,33+,34+,35-,36-/m0/s1. The Balaban J connectivity index is 1.58. The van der Waals surface area contributed by atoms with Crippen molar-refractivity contribution in [3.8, 4) is 0 Å². The third-order valence-corrected chi connectivity index (χ3v) is 11.6. The van der Waals surface area contributed by atoms with Gasteiger partial charge < -0.3 is 58.7 Å². The van der Waals surface area contributed by atoms with Crippen molar-refractivity contribution < 1.29 is 57.7 Å². The van der Waals surface area contributed by atoms with Gasteiger partial charge in [-0.05, 0) is 68.2 Å². The molecule has 8 atom stereocenters. The van der Waals surface area contributed by atoms with Crippen molar-refractivity contribution in [1.82, 2.24) is 10.6 Å². The van der Waals surface area contributed by atoms with Crippen molar-refractivity contribution in [2.75, 3.05) is 26.3 Å². The molecule has 14 heteroatoms. The number of hydrogen-bond acceptors (Lipinski definition) is 12. The minimum Gasteiger partial charge on any atom is -0.394 e. The predicted molar refractivity (Wildman–Crippen MR) is 214 cm³/mol. The van der Waals surface area contributed by atoms with Crippen molar-refractivity contribution in [3.05, 3.63) is 0 Å². The molecule has 0 aromatic rings. The van der Waals surface area contributed by atoms with Crippen molar-refractivity contribution in [1.29, 1.82) is 0 Å². The number of rotatable bonds is 24. The van der Waals surface area contributed by atoms with E-state index >= 15 is 0 Å². The molecule has 4 heterocycles. The number of nitrogens with one attached hydrogen (secondary N) is 2. The molecular weight excluding hydrogens is 736 g/mol. The van der Waals surface area contributed by atoms with Gasteiger partial charge in [0.15, 0.2) is 23.1 Å². The maximum absolute atomic E-state index is 14.9. The molecule has 4 rings (SSSR count). The molecule has 0 aromatic heterocycles. The molecule has 0 aliphatic carbocycles. The second kappa shape index (κ2) is 20.9. The Morgan fingerprint density at radius 2 is 0.737 bits per heavy atom. The van der Waals surface area contributed by atoms with Crippen LogP contribution in [0.4, 0.5) is 0 Å². The summed E-state index contributed by atoms with van der Waals surface area (Å²) in [6, 6.07) is 0. The van der Waals surface area contributed by atoms with E-state index in [1.54, 1.807) is 55.4 Å². The molecule has 4 fully saturated rings. The first-order valence-electron chi connectivity index (χ1n) is 22.0. The highest BCUT2D eigenvalue weighted by molar-refractivity contribution is 6.05. The van der Waals surface area contributed by atoms with Gasteiger partial charge in [0.1, 0.15) is 54.2 Å². The lowest BCUT2D eigenvalue weighted by atomic mass is 9.75. The van der Waals surface area contributed by atoms with Gasteiger partial charge in [0.25, 0.3) is 0 Å². The summed E-state index contributed by atoms with van der Waals surface area (Å²) in [7, 11) is 0. The van der Waals surface area contributed by atoms with Gasteiger partial charge in [0.05, 0.1) is 13.2 Å². The molecule has 4 aliphatic heterocycles. The number of ether oxygens (including phenoxy) is 8. The first-order chi connectivity index (χ1) is 26.8. The zero-order chi connectivity index (χ0) is 42.1. The van der Waals surface area contributed by atoms with E-state index < -0.39 is 77.4 Å². The van der Waals surface area contributed by atoms with Gasteiger partial charge in [-0.25, -0.2) is 0 Å². The second-order valence-electron chi connectivity index (χ2n) is 18.5. The fraction of sp³-hybridized carbons (Fsp3) is 0.953.